The molecule has 1 aliphatic heterocycles. The molecule has 1 aliphatic rings. The van der Waals surface area contributed by atoms with Crippen LogP contribution in [0, 0.1) is 5.82 Å². The molecule has 1 amide bonds. The van der Waals surface area contributed by atoms with Gasteiger partial charge in [0.25, 0.3) is 0 Å². The van der Waals surface area contributed by atoms with Gasteiger partial charge in [-0.05, 0) is 67.8 Å². The van der Waals surface area contributed by atoms with Crippen LogP contribution in [-0.4, -0.2) is 46.7 Å². The highest BCUT2D eigenvalue weighted by atomic mass is 32.2. The second-order valence-corrected chi connectivity index (χ2v) is 10.1. The lowest BCUT2D eigenvalue weighted by atomic mass is 10.00. The molecule has 9 nitrogen and oxygen atoms in total. The van der Waals surface area contributed by atoms with Gasteiger partial charge in [0, 0.05) is 19.6 Å². The van der Waals surface area contributed by atoms with Gasteiger partial charge >= 0.3 is 18.1 Å². The highest BCUT2D eigenvalue weighted by Gasteiger charge is 2.43. The van der Waals surface area contributed by atoms with Crippen molar-refractivity contribution in [2.75, 3.05) is 6.54 Å². The van der Waals surface area contributed by atoms with Gasteiger partial charge in [-0.15, -0.1) is 5.10 Å². The molecular formula is C23H23F4N5O4S. The molecular weight excluding hydrogens is 518 g/mol. The SMILES string of the molecule is CCn1c(Oc2ccc(F)cc2)nnc1[C@@H](C)NS(=O)(=O)c1ccc2c(c1)CN(C(=O)C(F)(F)F)CC2. The molecule has 2 heterocycles. The fourth-order valence-electron chi connectivity index (χ4n) is 4.01. The van der Waals surface area contributed by atoms with E-state index in [9.17, 15) is 30.8 Å². The molecule has 198 valence electrons. The number of carbonyl (C=O) groups is 1. The Kier molecular flexibility index (Phi) is 7.24. The number of rotatable bonds is 7. The van der Waals surface area contributed by atoms with Crippen molar-refractivity contribution in [3.63, 3.8) is 0 Å². The van der Waals surface area contributed by atoms with E-state index in [-0.39, 0.29) is 36.2 Å². The number of hydrogen-bond donors (Lipinski definition) is 1. The number of fused-ring (bicyclic) bond motifs is 1. The average Bonchev–Trinajstić information content (AvgIpc) is 3.26. The molecule has 0 spiro atoms. The molecule has 0 saturated carbocycles. The summed E-state index contributed by atoms with van der Waals surface area (Å²) in [6, 6.07) is 8.65. The van der Waals surface area contributed by atoms with Crippen LogP contribution in [0.1, 0.15) is 36.8 Å². The zero-order chi connectivity index (χ0) is 27.0. The Morgan fingerprint density at radius 2 is 1.84 bits per heavy atom. The summed E-state index contributed by atoms with van der Waals surface area (Å²) in [6.07, 6.45) is -4.83. The summed E-state index contributed by atoms with van der Waals surface area (Å²) in [6.45, 7) is 3.22. The minimum absolute atomic E-state index is 0.0818. The second kappa shape index (κ2) is 10.1. The molecule has 0 fully saturated rings. The smallest absolute Gasteiger partial charge is 0.424 e. The number of ether oxygens (including phenoxy) is 1. The second-order valence-electron chi connectivity index (χ2n) is 8.39. The van der Waals surface area contributed by atoms with Gasteiger partial charge in [0.05, 0.1) is 10.9 Å². The topological polar surface area (TPSA) is 106 Å². The third-order valence-electron chi connectivity index (χ3n) is 5.83. The molecule has 14 heteroatoms. The Labute approximate surface area is 210 Å². The summed E-state index contributed by atoms with van der Waals surface area (Å²) in [7, 11) is -4.13. The molecule has 0 bridgehead atoms. The number of halogens is 4. The Hall–Kier alpha value is -3.52. The molecule has 1 atom stereocenters. The van der Waals surface area contributed by atoms with Crippen LogP contribution < -0.4 is 9.46 Å². The summed E-state index contributed by atoms with van der Waals surface area (Å²) in [5, 5.41) is 8.00. The van der Waals surface area contributed by atoms with Crippen LogP contribution >= 0.6 is 0 Å². The lowest BCUT2D eigenvalue weighted by Crippen LogP contribution is -2.43. The molecule has 0 unspecified atom stereocenters. The van der Waals surface area contributed by atoms with Crippen molar-refractivity contribution in [1.29, 1.82) is 0 Å². The highest BCUT2D eigenvalue weighted by molar-refractivity contribution is 7.89. The fraction of sp³-hybridized carbons (Fsp3) is 0.348. The van der Waals surface area contributed by atoms with Crippen LogP contribution in [0.5, 0.6) is 11.8 Å². The van der Waals surface area contributed by atoms with Gasteiger partial charge in [-0.2, -0.15) is 13.2 Å². The summed E-state index contributed by atoms with van der Waals surface area (Å²) in [5.74, 6) is -1.83. The zero-order valence-corrected chi connectivity index (χ0v) is 20.6. The first-order chi connectivity index (χ1) is 17.4. The number of carbonyl (C=O) groups excluding carboxylic acids is 1. The number of nitrogens with zero attached hydrogens (tertiary/aromatic N) is 4. The van der Waals surface area contributed by atoms with Gasteiger partial charge < -0.3 is 9.64 Å². The van der Waals surface area contributed by atoms with Gasteiger partial charge in [0.2, 0.25) is 10.0 Å². The Morgan fingerprint density at radius 3 is 2.49 bits per heavy atom. The molecule has 1 aromatic heterocycles. The number of amides is 1. The number of hydrogen-bond acceptors (Lipinski definition) is 6. The van der Waals surface area contributed by atoms with Gasteiger partial charge in [0.1, 0.15) is 11.6 Å². The van der Waals surface area contributed by atoms with Crippen LogP contribution in [0.25, 0.3) is 0 Å². The summed E-state index contributed by atoms with van der Waals surface area (Å²) >= 11 is 0. The van der Waals surface area contributed by atoms with E-state index in [1.807, 2.05) is 0 Å². The minimum Gasteiger partial charge on any atom is -0.424 e. The van der Waals surface area contributed by atoms with Crippen molar-refractivity contribution < 1.29 is 35.5 Å². The van der Waals surface area contributed by atoms with Gasteiger partial charge in [-0.1, -0.05) is 11.2 Å². The van der Waals surface area contributed by atoms with Gasteiger partial charge in [-0.25, -0.2) is 17.5 Å². The number of alkyl halides is 3. The zero-order valence-electron chi connectivity index (χ0n) is 19.8. The summed E-state index contributed by atoms with van der Waals surface area (Å²) in [5.41, 5.74) is 0.998. The first kappa shape index (κ1) is 26.5. The number of nitrogens with one attached hydrogen (secondary N) is 1. The molecule has 4 rings (SSSR count). The van der Waals surface area contributed by atoms with Crippen LogP contribution in [0.2, 0.25) is 0 Å². The maximum Gasteiger partial charge on any atom is 0.471 e. The molecule has 3 aromatic rings. The number of aromatic nitrogens is 3. The van der Waals surface area contributed by atoms with Crippen LogP contribution in [0.15, 0.2) is 47.4 Å². The maximum atomic E-state index is 13.2. The van der Waals surface area contributed by atoms with Crippen LogP contribution in [-0.2, 0) is 34.3 Å². The Morgan fingerprint density at radius 1 is 1.14 bits per heavy atom. The molecule has 1 N–H and O–H groups in total. The fourth-order valence-corrected chi connectivity index (χ4v) is 5.26. The molecule has 0 aliphatic carbocycles. The van der Waals surface area contributed by atoms with E-state index in [0.717, 1.165) is 0 Å². The van der Waals surface area contributed by atoms with Crippen molar-refractivity contribution in [3.8, 4) is 11.8 Å². The van der Waals surface area contributed by atoms with Crippen molar-refractivity contribution in [2.24, 2.45) is 0 Å². The molecule has 0 radical (unpaired) electrons. The van der Waals surface area contributed by atoms with Crippen molar-refractivity contribution in [3.05, 3.63) is 65.2 Å². The van der Waals surface area contributed by atoms with E-state index in [4.69, 9.17) is 4.74 Å². The normalized spacial score (nSPS) is 14.8. The largest absolute Gasteiger partial charge is 0.471 e. The summed E-state index contributed by atoms with van der Waals surface area (Å²) in [4.78, 5) is 12.1. The number of sulfonamides is 1. The standard InChI is InChI=1S/C23H23F4N5O4S/c1-3-32-20(28-29-22(32)36-18-7-5-17(24)6-8-18)14(2)30-37(34,35)19-9-4-15-10-11-31(13-16(15)12-19)21(33)23(25,26)27/h4-9,12,14,30H,3,10-11,13H2,1-2H3/t14-/m1/s1. The van der Waals surface area contributed by atoms with E-state index in [0.29, 0.717) is 28.3 Å². The lowest BCUT2D eigenvalue weighted by molar-refractivity contribution is -0.186. The highest BCUT2D eigenvalue weighted by Crippen LogP contribution is 2.28. The number of benzene rings is 2. The van der Waals surface area contributed by atoms with Crippen LogP contribution in [0.3, 0.4) is 0 Å². The van der Waals surface area contributed by atoms with Crippen molar-refractivity contribution in [2.45, 2.75) is 50.5 Å². The van der Waals surface area contributed by atoms with Crippen molar-refractivity contribution in [1.82, 2.24) is 24.4 Å². The predicted octanol–water partition coefficient (Wildman–Crippen LogP) is 3.72. The van der Waals surface area contributed by atoms with E-state index >= 15 is 0 Å². The third-order valence-corrected chi connectivity index (χ3v) is 7.37. The van der Waals surface area contributed by atoms with E-state index in [2.05, 4.69) is 14.9 Å². The van der Waals surface area contributed by atoms with Crippen molar-refractivity contribution >= 4 is 15.9 Å². The minimum atomic E-state index is -5.01. The monoisotopic (exact) mass is 541 g/mol. The maximum absolute atomic E-state index is 13.2. The van der Waals surface area contributed by atoms with Gasteiger partial charge in [0.15, 0.2) is 5.82 Å². The summed E-state index contributed by atoms with van der Waals surface area (Å²) < 4.78 is 87.6. The molecule has 0 saturated heterocycles. The Bertz CT molecular complexity index is 1410. The lowest BCUT2D eigenvalue weighted by Gasteiger charge is -2.29. The third kappa shape index (κ3) is 5.74. The van der Waals surface area contributed by atoms with Crippen LogP contribution in [0.4, 0.5) is 17.6 Å². The first-order valence-corrected chi connectivity index (χ1v) is 12.7. The Balaban J connectivity index is 1.52. The molecule has 37 heavy (non-hydrogen) atoms. The molecule has 2 aromatic carbocycles. The first-order valence-electron chi connectivity index (χ1n) is 11.3. The quantitative estimate of drug-likeness (QED) is 0.457. The van der Waals surface area contributed by atoms with E-state index in [1.165, 1.54) is 42.5 Å². The average molecular weight is 542 g/mol. The predicted molar refractivity (Wildman–Crippen MR) is 123 cm³/mol. The van der Waals surface area contributed by atoms with E-state index < -0.39 is 34.0 Å². The van der Waals surface area contributed by atoms with Gasteiger partial charge in [-0.3, -0.25) is 9.36 Å². The van der Waals surface area contributed by atoms with E-state index in [1.54, 1.807) is 18.4 Å².